The Morgan fingerprint density at radius 3 is 2.42 bits per heavy atom. The van der Waals surface area contributed by atoms with E-state index in [1.54, 1.807) is 14.2 Å². The lowest BCUT2D eigenvalue weighted by molar-refractivity contribution is 0.0168. The minimum atomic E-state index is -0.121. The summed E-state index contributed by atoms with van der Waals surface area (Å²) < 4.78 is 11.1. The van der Waals surface area contributed by atoms with Gasteiger partial charge >= 0.3 is 0 Å². The molecule has 3 nitrogen and oxygen atoms in total. The summed E-state index contributed by atoms with van der Waals surface area (Å²) in [5.41, 5.74) is 7.50. The van der Waals surface area contributed by atoms with Crippen molar-refractivity contribution in [2.45, 2.75) is 44.2 Å². The maximum Gasteiger partial charge on any atom is 0.123 e. The van der Waals surface area contributed by atoms with Gasteiger partial charge in [0.25, 0.3) is 0 Å². The normalized spacial score (nSPS) is 19.9. The first-order valence-corrected chi connectivity index (χ1v) is 7.19. The quantitative estimate of drug-likeness (QED) is 0.886. The Hall–Kier alpha value is -1.06. The summed E-state index contributed by atoms with van der Waals surface area (Å²) in [6, 6.07) is 7.86. The molecule has 1 aromatic rings. The van der Waals surface area contributed by atoms with Crippen LogP contribution in [0.4, 0.5) is 0 Å². The lowest BCUT2D eigenvalue weighted by Gasteiger charge is -2.33. The van der Waals surface area contributed by atoms with E-state index in [-0.39, 0.29) is 12.1 Å². The molecule has 1 aromatic carbocycles. The Balaban J connectivity index is 2.17. The molecule has 19 heavy (non-hydrogen) atoms. The third kappa shape index (κ3) is 3.28. The molecule has 106 valence electrons. The number of methoxy groups -OCH3 is 2. The molecule has 2 unspecified atom stereocenters. The summed E-state index contributed by atoms with van der Waals surface area (Å²) in [4.78, 5) is 0. The highest BCUT2D eigenvalue weighted by Crippen LogP contribution is 2.35. The zero-order chi connectivity index (χ0) is 13.7. The molecule has 0 saturated heterocycles. The van der Waals surface area contributed by atoms with Crippen LogP contribution in [0.3, 0.4) is 0 Å². The van der Waals surface area contributed by atoms with Gasteiger partial charge in [0.15, 0.2) is 0 Å². The van der Waals surface area contributed by atoms with Crippen LogP contribution in [0.15, 0.2) is 24.3 Å². The highest BCUT2D eigenvalue weighted by molar-refractivity contribution is 5.36. The molecule has 2 N–H and O–H groups in total. The van der Waals surface area contributed by atoms with Crippen LogP contribution in [-0.4, -0.2) is 20.3 Å². The highest BCUT2D eigenvalue weighted by Gasteiger charge is 2.30. The van der Waals surface area contributed by atoms with E-state index >= 15 is 0 Å². The van der Waals surface area contributed by atoms with Crippen molar-refractivity contribution in [2.24, 2.45) is 11.7 Å². The van der Waals surface area contributed by atoms with E-state index in [0.29, 0.717) is 5.92 Å². The van der Waals surface area contributed by atoms with Gasteiger partial charge in [-0.1, -0.05) is 37.5 Å². The van der Waals surface area contributed by atoms with Crippen LogP contribution in [0.2, 0.25) is 0 Å². The number of para-hydroxylation sites is 1. The van der Waals surface area contributed by atoms with Crippen molar-refractivity contribution in [2.75, 3.05) is 14.2 Å². The standard InChI is InChI=1S/C16H25NO2/c1-18-14-11-7-6-10-13(14)15(17)16(19-2)12-8-4-3-5-9-12/h6-7,10-12,15-16H,3-5,8-9,17H2,1-2H3. The van der Waals surface area contributed by atoms with Gasteiger partial charge in [-0.15, -0.1) is 0 Å². The van der Waals surface area contributed by atoms with Gasteiger partial charge in [-0.05, 0) is 24.8 Å². The first kappa shape index (κ1) is 14.4. The summed E-state index contributed by atoms with van der Waals surface area (Å²) in [5.74, 6) is 1.42. The van der Waals surface area contributed by atoms with Gasteiger partial charge in [-0.25, -0.2) is 0 Å². The van der Waals surface area contributed by atoms with E-state index in [1.165, 1.54) is 32.1 Å². The maximum atomic E-state index is 6.45. The third-order valence-corrected chi connectivity index (χ3v) is 4.24. The molecule has 2 rings (SSSR count). The Kier molecular flexibility index (Phi) is 5.23. The second kappa shape index (κ2) is 6.92. The first-order chi connectivity index (χ1) is 9.27. The molecule has 0 spiro atoms. The van der Waals surface area contributed by atoms with Gasteiger partial charge in [0.1, 0.15) is 5.75 Å². The molecular weight excluding hydrogens is 238 g/mol. The Morgan fingerprint density at radius 2 is 1.79 bits per heavy atom. The zero-order valence-electron chi connectivity index (χ0n) is 12.0. The minimum Gasteiger partial charge on any atom is -0.496 e. The molecular formula is C16H25NO2. The van der Waals surface area contributed by atoms with Crippen molar-refractivity contribution in [3.63, 3.8) is 0 Å². The number of hydrogen-bond acceptors (Lipinski definition) is 3. The van der Waals surface area contributed by atoms with Crippen molar-refractivity contribution >= 4 is 0 Å². The van der Waals surface area contributed by atoms with E-state index in [2.05, 4.69) is 0 Å². The van der Waals surface area contributed by atoms with Crippen molar-refractivity contribution < 1.29 is 9.47 Å². The van der Waals surface area contributed by atoms with Crippen LogP contribution in [0.25, 0.3) is 0 Å². The molecule has 1 fully saturated rings. The molecule has 0 bridgehead atoms. The second-order valence-electron chi connectivity index (χ2n) is 5.37. The summed E-state index contributed by atoms with van der Waals surface area (Å²) in [6.07, 6.45) is 6.46. The number of benzene rings is 1. The number of ether oxygens (including phenoxy) is 2. The number of hydrogen-bond donors (Lipinski definition) is 1. The number of rotatable bonds is 5. The van der Waals surface area contributed by atoms with E-state index in [9.17, 15) is 0 Å². The maximum absolute atomic E-state index is 6.45. The summed E-state index contributed by atoms with van der Waals surface area (Å²) in [6.45, 7) is 0. The van der Waals surface area contributed by atoms with E-state index in [4.69, 9.17) is 15.2 Å². The molecule has 3 heteroatoms. The topological polar surface area (TPSA) is 44.5 Å². The second-order valence-corrected chi connectivity index (χ2v) is 5.37. The Labute approximate surface area is 116 Å². The van der Waals surface area contributed by atoms with Crippen molar-refractivity contribution in [1.29, 1.82) is 0 Å². The van der Waals surface area contributed by atoms with Gasteiger partial charge < -0.3 is 15.2 Å². The minimum absolute atomic E-state index is 0.0802. The van der Waals surface area contributed by atoms with Gasteiger partial charge in [-0.2, -0.15) is 0 Å². The molecule has 0 amide bonds. The van der Waals surface area contributed by atoms with Crippen LogP contribution in [0.5, 0.6) is 5.75 Å². The van der Waals surface area contributed by atoms with Crippen LogP contribution in [0.1, 0.15) is 43.7 Å². The van der Waals surface area contributed by atoms with E-state index in [1.807, 2.05) is 24.3 Å². The van der Waals surface area contributed by atoms with Crippen molar-refractivity contribution in [3.05, 3.63) is 29.8 Å². The van der Waals surface area contributed by atoms with Gasteiger partial charge in [0, 0.05) is 12.7 Å². The smallest absolute Gasteiger partial charge is 0.123 e. The Morgan fingerprint density at radius 1 is 1.11 bits per heavy atom. The monoisotopic (exact) mass is 263 g/mol. The lowest BCUT2D eigenvalue weighted by atomic mass is 9.81. The molecule has 1 saturated carbocycles. The van der Waals surface area contributed by atoms with Gasteiger partial charge in [0.2, 0.25) is 0 Å². The third-order valence-electron chi connectivity index (χ3n) is 4.24. The summed E-state index contributed by atoms with van der Waals surface area (Å²) in [7, 11) is 3.46. The van der Waals surface area contributed by atoms with Gasteiger partial charge in [-0.3, -0.25) is 0 Å². The van der Waals surface area contributed by atoms with E-state index in [0.717, 1.165) is 11.3 Å². The molecule has 0 aromatic heterocycles. The first-order valence-electron chi connectivity index (χ1n) is 7.19. The fraction of sp³-hybridized carbons (Fsp3) is 0.625. The van der Waals surface area contributed by atoms with Crippen LogP contribution < -0.4 is 10.5 Å². The van der Waals surface area contributed by atoms with Crippen molar-refractivity contribution in [1.82, 2.24) is 0 Å². The SMILES string of the molecule is COc1ccccc1C(N)C(OC)C1CCCCC1. The zero-order valence-corrected chi connectivity index (χ0v) is 12.0. The average molecular weight is 263 g/mol. The lowest BCUT2D eigenvalue weighted by Crippen LogP contribution is -2.36. The van der Waals surface area contributed by atoms with Crippen molar-refractivity contribution in [3.8, 4) is 5.75 Å². The number of nitrogens with two attached hydrogens (primary N) is 1. The Bertz CT molecular complexity index is 388. The summed E-state index contributed by atoms with van der Waals surface area (Å²) >= 11 is 0. The van der Waals surface area contributed by atoms with Crippen LogP contribution in [-0.2, 0) is 4.74 Å². The molecule has 0 radical (unpaired) electrons. The molecule has 2 atom stereocenters. The fourth-order valence-corrected chi connectivity index (χ4v) is 3.21. The van der Waals surface area contributed by atoms with Crippen LogP contribution >= 0.6 is 0 Å². The summed E-state index contributed by atoms with van der Waals surface area (Å²) in [5, 5.41) is 0. The molecule has 1 aliphatic carbocycles. The van der Waals surface area contributed by atoms with E-state index < -0.39 is 0 Å². The van der Waals surface area contributed by atoms with Crippen LogP contribution in [0, 0.1) is 5.92 Å². The largest absolute Gasteiger partial charge is 0.496 e. The fourth-order valence-electron chi connectivity index (χ4n) is 3.21. The molecule has 0 heterocycles. The predicted octanol–water partition coefficient (Wildman–Crippen LogP) is 3.29. The molecule has 1 aliphatic rings. The average Bonchev–Trinajstić information content (AvgIpc) is 2.49. The van der Waals surface area contributed by atoms with Gasteiger partial charge in [0.05, 0.1) is 19.3 Å². The predicted molar refractivity (Wildman–Crippen MR) is 77.3 cm³/mol. The molecule has 0 aliphatic heterocycles. The highest BCUT2D eigenvalue weighted by atomic mass is 16.5.